The maximum absolute atomic E-state index is 11.0. The van der Waals surface area contributed by atoms with Gasteiger partial charge in [-0.3, -0.25) is 9.78 Å². The summed E-state index contributed by atoms with van der Waals surface area (Å²) in [4.78, 5) is 15.3. The molecule has 2 N–H and O–H groups in total. The van der Waals surface area contributed by atoms with Gasteiger partial charge in [-0.25, -0.2) is 0 Å². The van der Waals surface area contributed by atoms with Crippen LogP contribution in [-0.4, -0.2) is 23.5 Å². The third-order valence-corrected chi connectivity index (χ3v) is 2.81. The predicted molar refractivity (Wildman–Crippen MR) is 61.8 cm³/mol. The molecule has 0 saturated carbocycles. The summed E-state index contributed by atoms with van der Waals surface area (Å²) in [5.74, 6) is 0.159. The summed E-state index contributed by atoms with van der Waals surface area (Å²) in [7, 11) is 0. The SMILES string of the molecule is Cc1ccc(CNC2CCC(=O)NC2)nc1. The van der Waals surface area contributed by atoms with Crippen LogP contribution >= 0.6 is 0 Å². The second-order valence-electron chi connectivity index (χ2n) is 4.25. The van der Waals surface area contributed by atoms with Gasteiger partial charge in [0.1, 0.15) is 0 Å². The molecule has 4 nitrogen and oxygen atoms in total. The largest absolute Gasteiger partial charge is 0.355 e. The number of aryl methyl sites for hydroxylation is 1. The van der Waals surface area contributed by atoms with E-state index in [-0.39, 0.29) is 5.91 Å². The van der Waals surface area contributed by atoms with Gasteiger partial charge >= 0.3 is 0 Å². The van der Waals surface area contributed by atoms with E-state index < -0.39 is 0 Å². The van der Waals surface area contributed by atoms with Crippen LogP contribution in [0.4, 0.5) is 0 Å². The molecule has 1 atom stereocenters. The lowest BCUT2D eigenvalue weighted by molar-refractivity contribution is -0.122. The standard InChI is InChI=1S/C12H17N3O/c1-9-2-3-10(13-6-9)7-14-11-4-5-12(16)15-8-11/h2-3,6,11,14H,4-5,7-8H2,1H3,(H,15,16). The molecule has 0 aromatic carbocycles. The highest BCUT2D eigenvalue weighted by molar-refractivity contribution is 5.76. The first-order chi connectivity index (χ1) is 7.74. The number of hydrogen-bond acceptors (Lipinski definition) is 3. The molecule has 1 unspecified atom stereocenters. The molecule has 1 aromatic heterocycles. The van der Waals surface area contributed by atoms with Crippen molar-refractivity contribution >= 4 is 5.91 Å². The van der Waals surface area contributed by atoms with Gasteiger partial charge in [0.25, 0.3) is 0 Å². The topological polar surface area (TPSA) is 54.0 Å². The molecule has 2 heterocycles. The van der Waals surface area contributed by atoms with Crippen molar-refractivity contribution in [1.29, 1.82) is 0 Å². The van der Waals surface area contributed by atoms with Crippen LogP contribution in [0.5, 0.6) is 0 Å². The van der Waals surface area contributed by atoms with Crippen LogP contribution in [-0.2, 0) is 11.3 Å². The van der Waals surface area contributed by atoms with Crippen molar-refractivity contribution in [1.82, 2.24) is 15.6 Å². The Labute approximate surface area is 95.5 Å². The zero-order valence-corrected chi connectivity index (χ0v) is 9.49. The van der Waals surface area contributed by atoms with E-state index >= 15 is 0 Å². The van der Waals surface area contributed by atoms with Crippen molar-refractivity contribution in [2.45, 2.75) is 32.4 Å². The quantitative estimate of drug-likeness (QED) is 0.789. The van der Waals surface area contributed by atoms with Crippen molar-refractivity contribution in [3.63, 3.8) is 0 Å². The highest BCUT2D eigenvalue weighted by Crippen LogP contribution is 2.04. The average Bonchev–Trinajstić information content (AvgIpc) is 2.30. The molecule has 0 radical (unpaired) electrons. The second-order valence-corrected chi connectivity index (χ2v) is 4.25. The lowest BCUT2D eigenvalue weighted by Crippen LogP contribution is -2.45. The van der Waals surface area contributed by atoms with Gasteiger partial charge in [-0.2, -0.15) is 0 Å². The number of carbonyl (C=O) groups is 1. The summed E-state index contributed by atoms with van der Waals surface area (Å²) >= 11 is 0. The van der Waals surface area contributed by atoms with Crippen molar-refractivity contribution in [3.8, 4) is 0 Å². The van der Waals surface area contributed by atoms with E-state index in [4.69, 9.17) is 0 Å². The fourth-order valence-electron chi connectivity index (χ4n) is 1.76. The Balaban J connectivity index is 1.79. The molecule has 2 rings (SSSR count). The number of nitrogens with zero attached hydrogens (tertiary/aromatic N) is 1. The van der Waals surface area contributed by atoms with E-state index in [1.54, 1.807) is 0 Å². The number of carbonyl (C=O) groups excluding carboxylic acids is 1. The highest BCUT2D eigenvalue weighted by atomic mass is 16.1. The van der Waals surface area contributed by atoms with Crippen molar-refractivity contribution in [2.24, 2.45) is 0 Å². The van der Waals surface area contributed by atoms with Gasteiger partial charge in [0.15, 0.2) is 0 Å². The van der Waals surface area contributed by atoms with Gasteiger partial charge in [0, 0.05) is 31.7 Å². The minimum absolute atomic E-state index is 0.159. The summed E-state index contributed by atoms with van der Waals surface area (Å²) in [5, 5.41) is 6.26. The molecule has 1 saturated heterocycles. The predicted octanol–water partition coefficient (Wildman–Crippen LogP) is 0.758. The van der Waals surface area contributed by atoms with E-state index in [1.165, 1.54) is 5.56 Å². The van der Waals surface area contributed by atoms with Crippen LogP contribution in [0.15, 0.2) is 18.3 Å². The minimum Gasteiger partial charge on any atom is -0.355 e. The van der Waals surface area contributed by atoms with Crippen molar-refractivity contribution in [3.05, 3.63) is 29.6 Å². The monoisotopic (exact) mass is 219 g/mol. The zero-order chi connectivity index (χ0) is 11.4. The number of piperidine rings is 1. The number of nitrogens with one attached hydrogen (secondary N) is 2. The summed E-state index contributed by atoms with van der Waals surface area (Å²) in [6.07, 6.45) is 3.41. The smallest absolute Gasteiger partial charge is 0.220 e. The summed E-state index contributed by atoms with van der Waals surface area (Å²) < 4.78 is 0. The fraction of sp³-hybridized carbons (Fsp3) is 0.500. The highest BCUT2D eigenvalue weighted by Gasteiger charge is 2.16. The number of aromatic nitrogens is 1. The van der Waals surface area contributed by atoms with Crippen LogP contribution in [0.25, 0.3) is 0 Å². The summed E-state index contributed by atoms with van der Waals surface area (Å²) in [5.41, 5.74) is 2.22. The number of amides is 1. The molecule has 1 aliphatic heterocycles. The molecule has 4 heteroatoms. The third-order valence-electron chi connectivity index (χ3n) is 2.81. The van der Waals surface area contributed by atoms with Crippen molar-refractivity contribution in [2.75, 3.05) is 6.54 Å². The van der Waals surface area contributed by atoms with Crippen molar-refractivity contribution < 1.29 is 4.79 Å². The van der Waals surface area contributed by atoms with E-state index in [0.29, 0.717) is 12.5 Å². The Morgan fingerprint density at radius 2 is 2.44 bits per heavy atom. The maximum atomic E-state index is 11.0. The molecule has 0 aliphatic carbocycles. The second kappa shape index (κ2) is 5.07. The zero-order valence-electron chi connectivity index (χ0n) is 9.49. The first-order valence-corrected chi connectivity index (χ1v) is 5.65. The van der Waals surface area contributed by atoms with E-state index in [9.17, 15) is 4.79 Å². The molecule has 1 aliphatic rings. The minimum atomic E-state index is 0.159. The molecule has 1 aromatic rings. The van der Waals surface area contributed by atoms with Gasteiger partial charge in [-0.15, -0.1) is 0 Å². The maximum Gasteiger partial charge on any atom is 0.220 e. The number of pyridine rings is 1. The van der Waals surface area contributed by atoms with Crippen LogP contribution in [0.1, 0.15) is 24.1 Å². The normalized spacial score (nSPS) is 20.6. The first kappa shape index (κ1) is 11.1. The van der Waals surface area contributed by atoms with E-state index in [1.807, 2.05) is 19.2 Å². The van der Waals surface area contributed by atoms with Gasteiger partial charge in [-0.05, 0) is 25.0 Å². The Kier molecular flexibility index (Phi) is 3.51. The van der Waals surface area contributed by atoms with E-state index in [0.717, 1.165) is 25.2 Å². The van der Waals surface area contributed by atoms with Gasteiger partial charge < -0.3 is 10.6 Å². The van der Waals surface area contributed by atoms with Gasteiger partial charge in [-0.1, -0.05) is 6.07 Å². The summed E-state index contributed by atoms with van der Waals surface area (Å²) in [6.45, 7) is 3.52. The molecule has 0 bridgehead atoms. The number of hydrogen-bond donors (Lipinski definition) is 2. The lowest BCUT2D eigenvalue weighted by atomic mass is 10.1. The Morgan fingerprint density at radius 1 is 1.56 bits per heavy atom. The van der Waals surface area contributed by atoms with Crippen LogP contribution in [0, 0.1) is 6.92 Å². The average molecular weight is 219 g/mol. The summed E-state index contributed by atoms with van der Waals surface area (Å²) in [6, 6.07) is 4.47. The first-order valence-electron chi connectivity index (χ1n) is 5.65. The third kappa shape index (κ3) is 3.03. The van der Waals surface area contributed by atoms with Crippen LogP contribution in [0.3, 0.4) is 0 Å². The van der Waals surface area contributed by atoms with Crippen LogP contribution < -0.4 is 10.6 Å². The molecular formula is C12H17N3O. The van der Waals surface area contributed by atoms with Gasteiger partial charge in [0.2, 0.25) is 5.91 Å². The molecule has 86 valence electrons. The Morgan fingerprint density at radius 3 is 3.06 bits per heavy atom. The lowest BCUT2D eigenvalue weighted by Gasteiger charge is -2.23. The molecule has 1 fully saturated rings. The van der Waals surface area contributed by atoms with Crippen LogP contribution in [0.2, 0.25) is 0 Å². The van der Waals surface area contributed by atoms with E-state index in [2.05, 4.69) is 21.7 Å². The fourth-order valence-corrected chi connectivity index (χ4v) is 1.76. The molecular weight excluding hydrogens is 202 g/mol. The molecule has 16 heavy (non-hydrogen) atoms. The molecule has 0 spiro atoms. The molecule has 1 amide bonds. The van der Waals surface area contributed by atoms with Gasteiger partial charge in [0.05, 0.1) is 5.69 Å². The Bertz CT molecular complexity index is 351. The Hall–Kier alpha value is -1.42. The number of rotatable bonds is 3.